The predicted molar refractivity (Wildman–Crippen MR) is 100 cm³/mol. The van der Waals surface area contributed by atoms with Gasteiger partial charge in [0, 0.05) is 25.3 Å². The van der Waals surface area contributed by atoms with E-state index in [1.807, 2.05) is 6.92 Å². The van der Waals surface area contributed by atoms with Gasteiger partial charge in [-0.05, 0) is 31.9 Å². The minimum atomic E-state index is -3.44. The van der Waals surface area contributed by atoms with Crippen LogP contribution in [0.1, 0.15) is 39.0 Å². The molecule has 1 aliphatic carbocycles. The van der Waals surface area contributed by atoms with Gasteiger partial charge in [-0.25, -0.2) is 13.2 Å². The van der Waals surface area contributed by atoms with Crippen LogP contribution in [0, 0.1) is 0 Å². The van der Waals surface area contributed by atoms with Crippen molar-refractivity contribution in [2.24, 2.45) is 4.40 Å². The molecule has 0 unspecified atom stereocenters. The number of rotatable bonds is 5. The lowest BCUT2D eigenvalue weighted by Crippen LogP contribution is -2.43. The van der Waals surface area contributed by atoms with E-state index in [1.54, 1.807) is 9.80 Å². The Morgan fingerprint density at radius 2 is 2.00 bits per heavy atom. The van der Waals surface area contributed by atoms with Crippen molar-refractivity contribution in [1.82, 2.24) is 9.80 Å². The average molecular weight is 395 g/mol. The number of amidine groups is 1. The molecule has 0 saturated heterocycles. The fourth-order valence-electron chi connectivity index (χ4n) is 3.65. The van der Waals surface area contributed by atoms with Crippen LogP contribution < -0.4 is 0 Å². The summed E-state index contributed by atoms with van der Waals surface area (Å²) in [5, 5.41) is 0. The second kappa shape index (κ2) is 8.24. The molecular formula is C18H25N3O5S. The van der Waals surface area contributed by atoms with E-state index >= 15 is 0 Å². The van der Waals surface area contributed by atoms with E-state index in [9.17, 15) is 18.0 Å². The summed E-state index contributed by atoms with van der Waals surface area (Å²) >= 11 is 0. The van der Waals surface area contributed by atoms with Crippen molar-refractivity contribution in [3.8, 4) is 0 Å². The minimum Gasteiger partial charge on any atom is -0.452 e. The van der Waals surface area contributed by atoms with Crippen molar-refractivity contribution < 1.29 is 22.7 Å². The highest BCUT2D eigenvalue weighted by Crippen LogP contribution is 2.23. The van der Waals surface area contributed by atoms with Gasteiger partial charge in [0.1, 0.15) is 5.84 Å². The Bertz CT molecular complexity index is 794. The van der Waals surface area contributed by atoms with E-state index in [4.69, 9.17) is 4.74 Å². The van der Waals surface area contributed by atoms with Gasteiger partial charge in [-0.2, -0.15) is 0 Å². The van der Waals surface area contributed by atoms with Crippen LogP contribution in [0.4, 0.5) is 0 Å². The Kier molecular flexibility index (Phi) is 5.98. The van der Waals surface area contributed by atoms with E-state index in [1.165, 1.54) is 24.8 Å². The van der Waals surface area contributed by atoms with Crippen molar-refractivity contribution in [1.29, 1.82) is 0 Å². The van der Waals surface area contributed by atoms with Crippen LogP contribution in [0.3, 0.4) is 0 Å². The molecule has 0 aromatic heterocycles. The first-order valence-corrected chi connectivity index (χ1v) is 11.0. The Morgan fingerprint density at radius 3 is 2.70 bits per heavy atom. The number of hydrogen-bond donors (Lipinski definition) is 0. The van der Waals surface area contributed by atoms with E-state index in [2.05, 4.69) is 4.40 Å². The molecule has 1 fully saturated rings. The Balaban J connectivity index is 1.57. The molecule has 0 aromatic rings. The van der Waals surface area contributed by atoms with Gasteiger partial charge in [0.05, 0.1) is 11.3 Å². The molecule has 0 N–H and O–H groups in total. The van der Waals surface area contributed by atoms with Crippen LogP contribution in [0.2, 0.25) is 0 Å². The van der Waals surface area contributed by atoms with Crippen molar-refractivity contribution in [3.05, 3.63) is 23.9 Å². The van der Waals surface area contributed by atoms with Crippen LogP contribution in [-0.4, -0.2) is 67.4 Å². The molecule has 8 nitrogen and oxygen atoms in total. The van der Waals surface area contributed by atoms with Crippen molar-refractivity contribution >= 4 is 27.7 Å². The van der Waals surface area contributed by atoms with E-state index < -0.39 is 16.0 Å². The highest BCUT2D eigenvalue weighted by atomic mass is 32.2. The monoisotopic (exact) mass is 395 g/mol. The molecular weight excluding hydrogens is 370 g/mol. The summed E-state index contributed by atoms with van der Waals surface area (Å²) in [4.78, 5) is 28.2. The van der Waals surface area contributed by atoms with E-state index in [0.29, 0.717) is 6.54 Å². The molecule has 2 aliphatic heterocycles. The number of fused-ring (bicyclic) bond motifs is 1. The zero-order chi connectivity index (χ0) is 19.4. The highest BCUT2D eigenvalue weighted by molar-refractivity contribution is 7.90. The lowest BCUT2D eigenvalue weighted by molar-refractivity contribution is -0.150. The molecule has 0 radical (unpaired) electrons. The van der Waals surface area contributed by atoms with Crippen molar-refractivity contribution in [2.75, 3.05) is 25.4 Å². The third-order valence-corrected chi connectivity index (χ3v) is 6.23. The fraction of sp³-hybridized carbons (Fsp3) is 0.611. The van der Waals surface area contributed by atoms with Gasteiger partial charge in [-0.15, -0.1) is 4.40 Å². The van der Waals surface area contributed by atoms with Crippen LogP contribution >= 0.6 is 0 Å². The van der Waals surface area contributed by atoms with E-state index in [-0.39, 0.29) is 42.3 Å². The summed E-state index contributed by atoms with van der Waals surface area (Å²) in [6, 6.07) is 0.234. The maximum Gasteiger partial charge on any atom is 0.340 e. The summed E-state index contributed by atoms with van der Waals surface area (Å²) in [5.74, 6) is -0.603. The summed E-state index contributed by atoms with van der Waals surface area (Å²) < 4.78 is 31.9. The number of carbonyl (C=O) groups excluding carboxylic acids is 2. The molecule has 0 atom stereocenters. The molecule has 3 rings (SSSR count). The maximum atomic E-state index is 12.5. The third-order valence-electron chi connectivity index (χ3n) is 5.06. The second-order valence-corrected chi connectivity index (χ2v) is 8.65. The van der Waals surface area contributed by atoms with Crippen molar-refractivity contribution in [3.63, 3.8) is 0 Å². The Morgan fingerprint density at radius 1 is 1.26 bits per heavy atom. The second-order valence-electron chi connectivity index (χ2n) is 6.89. The number of amides is 1. The lowest BCUT2D eigenvalue weighted by atomic mass is 9.94. The molecule has 0 aromatic carbocycles. The molecule has 1 amide bonds. The van der Waals surface area contributed by atoms with Gasteiger partial charge >= 0.3 is 5.97 Å². The van der Waals surface area contributed by atoms with E-state index in [0.717, 1.165) is 25.7 Å². The first kappa shape index (κ1) is 19.6. The molecule has 148 valence electrons. The molecule has 0 bridgehead atoms. The number of likely N-dealkylation sites (N-methyl/N-ethyl adjacent to an activating group) is 1. The molecule has 2 heterocycles. The first-order valence-electron chi connectivity index (χ1n) is 9.35. The quantitative estimate of drug-likeness (QED) is 0.649. The molecule has 9 heteroatoms. The number of carbonyl (C=O) groups is 2. The van der Waals surface area contributed by atoms with Gasteiger partial charge in [-0.1, -0.05) is 19.3 Å². The normalized spacial score (nSPS) is 21.7. The number of hydrogen-bond acceptors (Lipinski definition) is 6. The van der Waals surface area contributed by atoms with Gasteiger partial charge in [0.15, 0.2) is 6.61 Å². The first-order chi connectivity index (χ1) is 12.9. The summed E-state index contributed by atoms with van der Waals surface area (Å²) in [6.45, 7) is 2.48. The highest BCUT2D eigenvalue weighted by Gasteiger charge is 2.27. The number of ether oxygens (including phenoxy) is 1. The lowest BCUT2D eigenvalue weighted by Gasteiger charge is -2.33. The predicted octanol–water partition coefficient (Wildman–Crippen LogP) is 1.21. The van der Waals surface area contributed by atoms with Gasteiger partial charge < -0.3 is 14.5 Å². The summed E-state index contributed by atoms with van der Waals surface area (Å²) in [7, 11) is -3.44. The van der Waals surface area contributed by atoms with Crippen molar-refractivity contribution in [2.45, 2.75) is 45.1 Å². The minimum absolute atomic E-state index is 0.103. The summed E-state index contributed by atoms with van der Waals surface area (Å²) in [6.07, 6.45) is 9.91. The Hall–Kier alpha value is -2.16. The zero-order valence-electron chi connectivity index (χ0n) is 15.5. The summed E-state index contributed by atoms with van der Waals surface area (Å²) in [5.41, 5.74) is 0.266. The van der Waals surface area contributed by atoms with Crippen LogP contribution in [-0.2, 0) is 24.3 Å². The topological polar surface area (TPSA) is 96.4 Å². The zero-order valence-corrected chi connectivity index (χ0v) is 16.3. The standard InChI is InChI=1S/C18H25N3O5S/c1-2-21(15-6-4-3-5-7-15)17(22)13-26-18(23)14-8-9-16-19-27(24,25)11-10-20(16)12-14/h8-9,12,15H,2-7,10-11,13H2,1H3. The van der Waals surface area contributed by atoms with Gasteiger partial charge in [-0.3, -0.25) is 4.79 Å². The number of esters is 1. The smallest absolute Gasteiger partial charge is 0.340 e. The van der Waals surface area contributed by atoms with Crippen LogP contribution in [0.15, 0.2) is 28.3 Å². The maximum absolute atomic E-state index is 12.5. The SMILES string of the molecule is CCN(C(=O)COC(=O)C1=CN2CCS(=O)(=O)N=C2C=C1)C1CCCCC1. The van der Waals surface area contributed by atoms with Crippen LogP contribution in [0.5, 0.6) is 0 Å². The molecule has 0 spiro atoms. The molecule has 3 aliphatic rings. The third kappa shape index (κ3) is 4.77. The largest absolute Gasteiger partial charge is 0.452 e. The van der Waals surface area contributed by atoms with Gasteiger partial charge in [0.25, 0.3) is 15.9 Å². The fourth-order valence-corrected chi connectivity index (χ4v) is 4.62. The van der Waals surface area contributed by atoms with Gasteiger partial charge in [0.2, 0.25) is 0 Å². The average Bonchev–Trinajstić information content (AvgIpc) is 2.66. The molecule has 1 saturated carbocycles. The Labute approximate surface area is 159 Å². The molecule has 27 heavy (non-hydrogen) atoms. The number of sulfonamides is 1. The number of nitrogens with zero attached hydrogens (tertiary/aromatic N) is 3. The van der Waals surface area contributed by atoms with Crippen LogP contribution in [0.25, 0.3) is 0 Å².